The molecule has 0 fully saturated rings. The van der Waals surface area contributed by atoms with E-state index in [9.17, 15) is 9.18 Å². The lowest BCUT2D eigenvalue weighted by Crippen LogP contribution is -2.05. The summed E-state index contributed by atoms with van der Waals surface area (Å²) < 4.78 is 18.9. The molecule has 21 heavy (non-hydrogen) atoms. The number of nitrogens with zero attached hydrogens (tertiary/aromatic N) is 1. The summed E-state index contributed by atoms with van der Waals surface area (Å²) in [6, 6.07) is 13.1. The minimum absolute atomic E-state index is 0.194. The van der Waals surface area contributed by atoms with Crippen molar-refractivity contribution < 1.29 is 13.9 Å². The molecule has 1 aliphatic heterocycles. The number of rotatable bonds is 2. The number of hydrogen-bond donors (Lipinski definition) is 0. The lowest BCUT2D eigenvalue weighted by atomic mass is 10.2. The van der Waals surface area contributed by atoms with Crippen molar-refractivity contribution in [1.29, 1.82) is 0 Å². The summed E-state index contributed by atoms with van der Waals surface area (Å²) in [6.45, 7) is 0. The molecule has 0 spiro atoms. The van der Waals surface area contributed by atoms with E-state index in [1.54, 1.807) is 30.3 Å². The fourth-order valence-electron chi connectivity index (χ4n) is 1.84. The van der Waals surface area contributed by atoms with Crippen LogP contribution >= 0.6 is 15.9 Å². The smallest absolute Gasteiger partial charge is 0.363 e. The zero-order chi connectivity index (χ0) is 14.8. The van der Waals surface area contributed by atoms with Crippen LogP contribution in [0.2, 0.25) is 0 Å². The van der Waals surface area contributed by atoms with Crippen molar-refractivity contribution in [2.45, 2.75) is 0 Å². The summed E-state index contributed by atoms with van der Waals surface area (Å²) in [5.74, 6) is -0.580. The van der Waals surface area contributed by atoms with Crippen molar-refractivity contribution in [2.75, 3.05) is 0 Å². The molecule has 0 radical (unpaired) electrons. The lowest BCUT2D eigenvalue weighted by molar-refractivity contribution is -0.129. The van der Waals surface area contributed by atoms with Gasteiger partial charge >= 0.3 is 5.97 Å². The van der Waals surface area contributed by atoms with E-state index in [1.165, 1.54) is 12.1 Å². The molecule has 0 saturated heterocycles. The van der Waals surface area contributed by atoms with Gasteiger partial charge in [0.1, 0.15) is 5.82 Å². The first-order valence-electron chi connectivity index (χ1n) is 6.16. The second-order valence-electron chi connectivity index (χ2n) is 4.39. The van der Waals surface area contributed by atoms with Crippen LogP contribution in [0, 0.1) is 5.82 Å². The van der Waals surface area contributed by atoms with Gasteiger partial charge in [-0.25, -0.2) is 14.2 Å². The predicted molar refractivity (Wildman–Crippen MR) is 81.1 cm³/mol. The van der Waals surface area contributed by atoms with Crippen LogP contribution in [0.15, 0.2) is 63.7 Å². The van der Waals surface area contributed by atoms with Gasteiger partial charge in [-0.05, 0) is 48.0 Å². The summed E-state index contributed by atoms with van der Waals surface area (Å²) in [5, 5.41) is 0. The SMILES string of the molecule is O=C1OC(c2ccc(Br)cc2)=NC1=Cc1ccc(F)cc1. The first kappa shape index (κ1) is 13.7. The number of carbonyl (C=O) groups excluding carboxylic acids is 1. The van der Waals surface area contributed by atoms with Gasteiger partial charge in [-0.1, -0.05) is 28.1 Å². The second-order valence-corrected chi connectivity index (χ2v) is 5.31. The third-order valence-electron chi connectivity index (χ3n) is 2.89. The Morgan fingerprint density at radius 1 is 1.05 bits per heavy atom. The Labute approximate surface area is 128 Å². The number of esters is 1. The van der Waals surface area contributed by atoms with E-state index in [-0.39, 0.29) is 17.4 Å². The van der Waals surface area contributed by atoms with Gasteiger partial charge in [0.25, 0.3) is 0 Å². The van der Waals surface area contributed by atoms with Gasteiger partial charge in [0.15, 0.2) is 5.70 Å². The molecule has 0 amide bonds. The van der Waals surface area contributed by atoms with E-state index >= 15 is 0 Å². The Balaban J connectivity index is 1.91. The van der Waals surface area contributed by atoms with Crippen LogP contribution in [-0.4, -0.2) is 11.9 Å². The Morgan fingerprint density at radius 2 is 1.71 bits per heavy atom. The minimum atomic E-state index is -0.516. The zero-order valence-corrected chi connectivity index (χ0v) is 12.3. The van der Waals surface area contributed by atoms with Crippen LogP contribution in [0.25, 0.3) is 6.08 Å². The third-order valence-corrected chi connectivity index (χ3v) is 3.41. The van der Waals surface area contributed by atoms with E-state index in [0.717, 1.165) is 4.47 Å². The average Bonchev–Trinajstić information content (AvgIpc) is 2.83. The fraction of sp³-hybridized carbons (Fsp3) is 0. The number of halogens is 2. The van der Waals surface area contributed by atoms with Crippen molar-refractivity contribution in [2.24, 2.45) is 4.99 Å². The molecule has 1 aliphatic rings. The normalized spacial score (nSPS) is 16.0. The van der Waals surface area contributed by atoms with E-state index in [0.29, 0.717) is 11.1 Å². The summed E-state index contributed by atoms with van der Waals surface area (Å²) in [7, 11) is 0. The van der Waals surface area contributed by atoms with Crippen molar-refractivity contribution in [3.05, 3.63) is 75.6 Å². The maximum Gasteiger partial charge on any atom is 0.363 e. The van der Waals surface area contributed by atoms with Crippen LogP contribution in [0.1, 0.15) is 11.1 Å². The topological polar surface area (TPSA) is 38.7 Å². The average molecular weight is 346 g/mol. The Kier molecular flexibility index (Phi) is 3.66. The molecular weight excluding hydrogens is 337 g/mol. The van der Waals surface area contributed by atoms with Gasteiger partial charge in [0, 0.05) is 10.0 Å². The molecule has 0 aromatic heterocycles. The molecule has 0 aliphatic carbocycles. The van der Waals surface area contributed by atoms with Gasteiger partial charge in [0.2, 0.25) is 5.90 Å². The van der Waals surface area contributed by atoms with Crippen molar-refractivity contribution in [3.8, 4) is 0 Å². The van der Waals surface area contributed by atoms with E-state index < -0.39 is 5.97 Å². The van der Waals surface area contributed by atoms with Crippen LogP contribution < -0.4 is 0 Å². The molecule has 0 saturated carbocycles. The van der Waals surface area contributed by atoms with Crippen LogP contribution in [-0.2, 0) is 9.53 Å². The third kappa shape index (κ3) is 3.08. The zero-order valence-electron chi connectivity index (χ0n) is 10.7. The molecule has 0 N–H and O–H groups in total. The maximum atomic E-state index is 12.8. The second kappa shape index (κ2) is 5.61. The molecule has 3 rings (SSSR count). The summed E-state index contributed by atoms with van der Waals surface area (Å²) >= 11 is 3.34. The largest absolute Gasteiger partial charge is 0.402 e. The quantitative estimate of drug-likeness (QED) is 0.610. The molecule has 104 valence electrons. The van der Waals surface area contributed by atoms with Crippen LogP contribution in [0.3, 0.4) is 0 Å². The van der Waals surface area contributed by atoms with Crippen molar-refractivity contribution in [1.82, 2.24) is 0 Å². The first-order chi connectivity index (χ1) is 10.1. The highest BCUT2D eigenvalue weighted by Gasteiger charge is 2.23. The van der Waals surface area contributed by atoms with Crippen LogP contribution in [0.4, 0.5) is 4.39 Å². The fourth-order valence-corrected chi connectivity index (χ4v) is 2.11. The molecule has 5 heteroatoms. The Bertz CT molecular complexity index is 749. The lowest BCUT2D eigenvalue weighted by Gasteiger charge is -1.98. The molecule has 2 aromatic carbocycles. The van der Waals surface area contributed by atoms with Gasteiger partial charge in [0.05, 0.1) is 0 Å². The molecule has 0 unspecified atom stereocenters. The first-order valence-corrected chi connectivity index (χ1v) is 6.95. The van der Waals surface area contributed by atoms with Crippen molar-refractivity contribution in [3.63, 3.8) is 0 Å². The van der Waals surface area contributed by atoms with Gasteiger partial charge in [-0.15, -0.1) is 0 Å². The van der Waals surface area contributed by atoms with Crippen molar-refractivity contribution >= 4 is 33.9 Å². The highest BCUT2D eigenvalue weighted by atomic mass is 79.9. The monoisotopic (exact) mass is 345 g/mol. The summed E-state index contributed by atoms with van der Waals surface area (Å²) in [5.41, 5.74) is 1.60. The number of benzene rings is 2. The molecule has 1 heterocycles. The van der Waals surface area contributed by atoms with E-state index in [4.69, 9.17) is 4.74 Å². The number of ether oxygens (including phenoxy) is 1. The highest BCUT2D eigenvalue weighted by Crippen LogP contribution is 2.20. The predicted octanol–water partition coefficient (Wildman–Crippen LogP) is 3.93. The minimum Gasteiger partial charge on any atom is -0.402 e. The summed E-state index contributed by atoms with van der Waals surface area (Å²) in [6.07, 6.45) is 1.56. The number of cyclic esters (lactones) is 1. The van der Waals surface area contributed by atoms with Crippen LogP contribution in [0.5, 0.6) is 0 Å². The molecule has 2 aromatic rings. The Hall–Kier alpha value is -2.27. The van der Waals surface area contributed by atoms with E-state index in [2.05, 4.69) is 20.9 Å². The molecule has 0 atom stereocenters. The van der Waals surface area contributed by atoms with Gasteiger partial charge in [-0.2, -0.15) is 0 Å². The number of carbonyl (C=O) groups is 1. The summed E-state index contributed by atoms with van der Waals surface area (Å²) in [4.78, 5) is 16.0. The molecule has 0 bridgehead atoms. The number of hydrogen-bond acceptors (Lipinski definition) is 3. The molecule has 3 nitrogen and oxygen atoms in total. The maximum absolute atomic E-state index is 12.8. The molecular formula is C16H9BrFNO2. The van der Waals surface area contributed by atoms with Gasteiger partial charge in [-0.3, -0.25) is 0 Å². The van der Waals surface area contributed by atoms with Gasteiger partial charge < -0.3 is 4.74 Å². The Morgan fingerprint density at radius 3 is 2.38 bits per heavy atom. The van der Waals surface area contributed by atoms with E-state index in [1.807, 2.05) is 12.1 Å². The number of aliphatic imine (C=N–C) groups is 1. The standard InChI is InChI=1S/C16H9BrFNO2/c17-12-5-3-11(4-6-12)15-19-14(16(20)21-15)9-10-1-7-13(18)8-2-10/h1-9H. The highest BCUT2D eigenvalue weighted by molar-refractivity contribution is 9.10.